The number of benzene rings is 1. The second-order valence-electron chi connectivity index (χ2n) is 7.05. The van der Waals surface area contributed by atoms with Gasteiger partial charge in [-0.05, 0) is 62.1 Å². The molecule has 0 spiro atoms. The van der Waals surface area contributed by atoms with Crippen LogP contribution in [0, 0.1) is 11.8 Å². The lowest BCUT2D eigenvalue weighted by atomic mass is 9.94. The summed E-state index contributed by atoms with van der Waals surface area (Å²) in [5.41, 5.74) is 1.76. The topological polar surface area (TPSA) is 52.6 Å². The van der Waals surface area contributed by atoms with Gasteiger partial charge in [-0.15, -0.1) is 0 Å². The van der Waals surface area contributed by atoms with Gasteiger partial charge in [0.2, 0.25) is 0 Å². The highest BCUT2D eigenvalue weighted by Gasteiger charge is 2.24. The minimum Gasteiger partial charge on any atom is -0.396 e. The van der Waals surface area contributed by atoms with Crippen LogP contribution in [0.15, 0.2) is 36.4 Å². The molecule has 1 saturated heterocycles. The quantitative estimate of drug-likeness (QED) is 0.816. The minimum absolute atomic E-state index is 0.0809. The van der Waals surface area contributed by atoms with Gasteiger partial charge in [0.15, 0.2) is 0 Å². The first-order chi connectivity index (χ1) is 11.8. The molecule has 4 nitrogen and oxygen atoms in total. The number of hydrogen-bond donors (Lipinski definition) is 2. The Morgan fingerprint density at radius 2 is 2.17 bits per heavy atom. The highest BCUT2D eigenvalue weighted by atomic mass is 16.3. The molecule has 130 valence electrons. The van der Waals surface area contributed by atoms with E-state index in [9.17, 15) is 9.90 Å². The summed E-state index contributed by atoms with van der Waals surface area (Å²) >= 11 is 0. The fourth-order valence-electron chi connectivity index (χ4n) is 3.65. The van der Waals surface area contributed by atoms with E-state index in [1.807, 2.05) is 29.2 Å². The van der Waals surface area contributed by atoms with Crippen LogP contribution >= 0.6 is 0 Å². The summed E-state index contributed by atoms with van der Waals surface area (Å²) in [5, 5.41) is 12.8. The van der Waals surface area contributed by atoms with Crippen molar-refractivity contribution in [2.75, 3.05) is 31.6 Å². The third-order valence-electron chi connectivity index (χ3n) is 5.15. The molecule has 1 aliphatic heterocycles. The van der Waals surface area contributed by atoms with Crippen LogP contribution in [-0.4, -0.2) is 42.2 Å². The number of aliphatic hydroxyl groups excluding tert-OH is 1. The van der Waals surface area contributed by atoms with Gasteiger partial charge < -0.3 is 15.3 Å². The third kappa shape index (κ3) is 4.38. The van der Waals surface area contributed by atoms with E-state index in [1.165, 1.54) is 12.8 Å². The maximum atomic E-state index is 12.7. The summed E-state index contributed by atoms with van der Waals surface area (Å²) in [6.07, 6.45) is 10.1. The number of carbonyl (C=O) groups is 1. The third-order valence-corrected chi connectivity index (χ3v) is 5.15. The summed E-state index contributed by atoms with van der Waals surface area (Å²) in [7, 11) is 0. The van der Waals surface area contributed by atoms with Gasteiger partial charge in [-0.3, -0.25) is 4.79 Å². The zero-order chi connectivity index (χ0) is 16.8. The van der Waals surface area contributed by atoms with Gasteiger partial charge in [0, 0.05) is 37.5 Å². The molecule has 2 atom stereocenters. The van der Waals surface area contributed by atoms with Crippen molar-refractivity contribution in [2.24, 2.45) is 11.8 Å². The maximum absolute atomic E-state index is 12.7. The highest BCUT2D eigenvalue weighted by molar-refractivity contribution is 5.95. The van der Waals surface area contributed by atoms with Gasteiger partial charge >= 0.3 is 0 Å². The number of aliphatic hydroxyl groups is 1. The predicted octanol–water partition coefficient (Wildman–Crippen LogP) is 3.30. The molecule has 2 aliphatic rings. The number of rotatable bonds is 5. The molecule has 2 N–H and O–H groups in total. The average Bonchev–Trinajstić information content (AvgIpc) is 2.67. The van der Waals surface area contributed by atoms with Crippen LogP contribution in [-0.2, 0) is 0 Å². The van der Waals surface area contributed by atoms with Crippen LogP contribution in [0.5, 0.6) is 0 Å². The Kier molecular flexibility index (Phi) is 5.91. The van der Waals surface area contributed by atoms with Gasteiger partial charge in [-0.1, -0.05) is 18.2 Å². The molecule has 3 rings (SSSR count). The van der Waals surface area contributed by atoms with Crippen molar-refractivity contribution < 1.29 is 9.90 Å². The van der Waals surface area contributed by atoms with Crippen molar-refractivity contribution in [3.05, 3.63) is 42.0 Å². The zero-order valence-electron chi connectivity index (χ0n) is 14.3. The van der Waals surface area contributed by atoms with Crippen LogP contribution in [0.4, 0.5) is 5.69 Å². The summed E-state index contributed by atoms with van der Waals surface area (Å²) in [4.78, 5) is 14.6. The molecule has 0 bridgehead atoms. The molecular formula is C20H28N2O2. The molecular weight excluding hydrogens is 300 g/mol. The van der Waals surface area contributed by atoms with E-state index in [0.717, 1.165) is 43.6 Å². The lowest BCUT2D eigenvalue weighted by Gasteiger charge is -2.32. The Balaban J connectivity index is 1.59. The van der Waals surface area contributed by atoms with E-state index in [4.69, 9.17) is 0 Å². The van der Waals surface area contributed by atoms with Crippen molar-refractivity contribution in [3.63, 3.8) is 0 Å². The second kappa shape index (κ2) is 8.34. The molecule has 1 aliphatic carbocycles. The number of hydrogen-bond acceptors (Lipinski definition) is 3. The molecule has 0 radical (unpaired) electrons. The standard InChI is InChI=1S/C20H28N2O2/c23-15-17-8-5-11-22(14-17)20(24)18-9-4-10-19(12-18)21-13-16-6-2-1-3-7-16/h1-2,4,9-10,12,16-17,21,23H,3,5-8,11,13-15H2. The van der Waals surface area contributed by atoms with Crippen molar-refractivity contribution in [1.82, 2.24) is 4.90 Å². The molecule has 0 aromatic heterocycles. The van der Waals surface area contributed by atoms with Gasteiger partial charge in [0.1, 0.15) is 0 Å². The molecule has 1 aromatic rings. The molecule has 24 heavy (non-hydrogen) atoms. The number of amides is 1. The number of likely N-dealkylation sites (tertiary alicyclic amines) is 1. The average molecular weight is 328 g/mol. The Hall–Kier alpha value is -1.81. The normalized spacial score (nSPS) is 24.0. The number of carbonyl (C=O) groups excluding carboxylic acids is 1. The van der Waals surface area contributed by atoms with E-state index in [0.29, 0.717) is 12.5 Å². The lowest BCUT2D eigenvalue weighted by Crippen LogP contribution is -2.40. The summed E-state index contributed by atoms with van der Waals surface area (Å²) < 4.78 is 0. The molecule has 1 fully saturated rings. The Morgan fingerprint density at radius 1 is 1.25 bits per heavy atom. The van der Waals surface area contributed by atoms with Crippen LogP contribution < -0.4 is 5.32 Å². The Labute approximate surface area is 144 Å². The highest BCUT2D eigenvalue weighted by Crippen LogP contribution is 2.21. The first-order valence-corrected chi connectivity index (χ1v) is 9.15. The van der Waals surface area contributed by atoms with Crippen molar-refractivity contribution in [1.29, 1.82) is 0 Å². The fourth-order valence-corrected chi connectivity index (χ4v) is 3.65. The number of piperidine rings is 1. The minimum atomic E-state index is 0.0809. The molecule has 1 aromatic carbocycles. The number of nitrogens with one attached hydrogen (secondary N) is 1. The summed E-state index contributed by atoms with van der Waals surface area (Å²) in [5.74, 6) is 0.988. The zero-order valence-corrected chi connectivity index (χ0v) is 14.3. The van der Waals surface area contributed by atoms with Crippen LogP contribution in [0.2, 0.25) is 0 Å². The molecule has 2 unspecified atom stereocenters. The van der Waals surface area contributed by atoms with Crippen molar-refractivity contribution >= 4 is 11.6 Å². The lowest BCUT2D eigenvalue weighted by molar-refractivity contribution is 0.0621. The SMILES string of the molecule is O=C(c1cccc(NCC2CC=CCC2)c1)N1CCCC(CO)C1. The molecule has 0 saturated carbocycles. The van der Waals surface area contributed by atoms with E-state index >= 15 is 0 Å². The predicted molar refractivity (Wildman–Crippen MR) is 97.1 cm³/mol. The molecule has 4 heteroatoms. The van der Waals surface area contributed by atoms with Gasteiger partial charge in [-0.2, -0.15) is 0 Å². The van der Waals surface area contributed by atoms with Crippen LogP contribution in [0.25, 0.3) is 0 Å². The van der Waals surface area contributed by atoms with E-state index in [-0.39, 0.29) is 18.4 Å². The largest absolute Gasteiger partial charge is 0.396 e. The van der Waals surface area contributed by atoms with Crippen LogP contribution in [0.3, 0.4) is 0 Å². The Bertz CT molecular complexity index is 585. The van der Waals surface area contributed by atoms with Crippen LogP contribution in [0.1, 0.15) is 42.5 Å². The maximum Gasteiger partial charge on any atom is 0.253 e. The molecule has 1 amide bonds. The van der Waals surface area contributed by atoms with Gasteiger partial charge in [-0.25, -0.2) is 0 Å². The fraction of sp³-hybridized carbons (Fsp3) is 0.550. The second-order valence-corrected chi connectivity index (χ2v) is 7.05. The smallest absolute Gasteiger partial charge is 0.253 e. The van der Waals surface area contributed by atoms with Gasteiger partial charge in [0.25, 0.3) is 5.91 Å². The van der Waals surface area contributed by atoms with Crippen molar-refractivity contribution in [2.45, 2.75) is 32.1 Å². The number of allylic oxidation sites excluding steroid dienone is 2. The number of nitrogens with zero attached hydrogens (tertiary/aromatic N) is 1. The Morgan fingerprint density at radius 3 is 2.96 bits per heavy atom. The summed E-state index contributed by atoms with van der Waals surface area (Å²) in [6, 6.07) is 7.83. The monoisotopic (exact) mass is 328 g/mol. The van der Waals surface area contributed by atoms with Gasteiger partial charge in [0.05, 0.1) is 0 Å². The van der Waals surface area contributed by atoms with Crippen molar-refractivity contribution in [3.8, 4) is 0 Å². The number of anilines is 1. The molecule has 1 heterocycles. The first-order valence-electron chi connectivity index (χ1n) is 9.15. The van der Waals surface area contributed by atoms with E-state index < -0.39 is 0 Å². The first kappa shape index (κ1) is 17.0. The van der Waals surface area contributed by atoms with E-state index in [2.05, 4.69) is 17.5 Å². The summed E-state index contributed by atoms with van der Waals surface area (Å²) in [6.45, 7) is 2.59. The van der Waals surface area contributed by atoms with E-state index in [1.54, 1.807) is 0 Å².